The molecule has 1 saturated carbocycles. The van der Waals surface area contributed by atoms with Crippen LogP contribution in [0.2, 0.25) is 5.02 Å². The molecule has 0 atom stereocenters. The van der Waals surface area contributed by atoms with Crippen LogP contribution in [0.3, 0.4) is 0 Å². The Labute approximate surface area is 117 Å². The fourth-order valence-electron chi connectivity index (χ4n) is 2.28. The molecule has 19 heavy (non-hydrogen) atoms. The van der Waals surface area contributed by atoms with E-state index < -0.39 is 10.0 Å². The van der Waals surface area contributed by atoms with Gasteiger partial charge in [-0.2, -0.15) is 0 Å². The van der Waals surface area contributed by atoms with Gasteiger partial charge in [0.15, 0.2) is 0 Å². The predicted octanol–water partition coefficient (Wildman–Crippen LogP) is 1.50. The molecule has 4 N–H and O–H groups in total. The third-order valence-electron chi connectivity index (χ3n) is 3.28. The zero-order chi connectivity index (χ0) is 14.0. The third-order valence-corrected chi connectivity index (χ3v) is 5.35. The largest absolute Gasteiger partial charge is 0.398 e. The van der Waals surface area contributed by atoms with E-state index in [2.05, 4.69) is 4.72 Å². The molecule has 1 aromatic rings. The summed E-state index contributed by atoms with van der Waals surface area (Å²) in [6.07, 6.45) is 2.11. The summed E-state index contributed by atoms with van der Waals surface area (Å²) in [5.41, 5.74) is 5.83. The van der Waals surface area contributed by atoms with E-state index in [1.807, 2.05) is 0 Å². The first-order valence-corrected chi connectivity index (χ1v) is 8.00. The molecule has 0 bridgehead atoms. The number of nitrogens with one attached hydrogen (secondary N) is 1. The van der Waals surface area contributed by atoms with Gasteiger partial charge in [0.25, 0.3) is 0 Å². The van der Waals surface area contributed by atoms with Crippen molar-refractivity contribution < 1.29 is 13.5 Å². The van der Waals surface area contributed by atoms with Crippen molar-refractivity contribution in [2.45, 2.75) is 42.7 Å². The Morgan fingerprint density at radius 2 is 1.89 bits per heavy atom. The van der Waals surface area contributed by atoms with E-state index >= 15 is 0 Å². The quantitative estimate of drug-likeness (QED) is 0.738. The molecule has 0 unspecified atom stereocenters. The molecule has 1 aliphatic rings. The van der Waals surface area contributed by atoms with Crippen LogP contribution in [-0.4, -0.2) is 25.7 Å². The minimum Gasteiger partial charge on any atom is -0.398 e. The van der Waals surface area contributed by atoms with Gasteiger partial charge in [0, 0.05) is 6.04 Å². The summed E-state index contributed by atoms with van der Waals surface area (Å²) in [5.74, 6) is 0. The zero-order valence-electron chi connectivity index (χ0n) is 10.3. The van der Waals surface area contributed by atoms with Gasteiger partial charge in [-0.15, -0.1) is 0 Å². The molecule has 0 aliphatic heterocycles. The van der Waals surface area contributed by atoms with E-state index in [0.29, 0.717) is 25.7 Å². The maximum absolute atomic E-state index is 12.3. The second-order valence-electron chi connectivity index (χ2n) is 4.78. The van der Waals surface area contributed by atoms with Gasteiger partial charge < -0.3 is 10.8 Å². The molecule has 2 rings (SSSR count). The summed E-state index contributed by atoms with van der Waals surface area (Å²) < 4.78 is 27.2. The van der Waals surface area contributed by atoms with Gasteiger partial charge in [0.05, 0.1) is 16.8 Å². The smallest absolute Gasteiger partial charge is 0.244 e. The molecule has 1 fully saturated rings. The molecule has 106 valence electrons. The fraction of sp³-hybridized carbons (Fsp3) is 0.500. The average molecular weight is 305 g/mol. The van der Waals surface area contributed by atoms with Crippen LogP contribution in [0.5, 0.6) is 0 Å². The van der Waals surface area contributed by atoms with Gasteiger partial charge in [-0.25, -0.2) is 13.1 Å². The summed E-state index contributed by atoms with van der Waals surface area (Å²) in [6.45, 7) is 0. The summed E-state index contributed by atoms with van der Waals surface area (Å²) in [7, 11) is -3.73. The van der Waals surface area contributed by atoms with Crippen LogP contribution in [0.25, 0.3) is 0 Å². The Morgan fingerprint density at radius 3 is 2.47 bits per heavy atom. The number of aliphatic hydroxyl groups excluding tert-OH is 1. The van der Waals surface area contributed by atoms with Crippen molar-refractivity contribution in [1.82, 2.24) is 4.72 Å². The highest BCUT2D eigenvalue weighted by molar-refractivity contribution is 7.89. The third kappa shape index (κ3) is 3.39. The van der Waals surface area contributed by atoms with Crippen LogP contribution in [-0.2, 0) is 10.0 Å². The first-order valence-electron chi connectivity index (χ1n) is 6.14. The number of hydrogen-bond acceptors (Lipinski definition) is 4. The molecule has 0 radical (unpaired) electrons. The maximum atomic E-state index is 12.3. The molecule has 0 spiro atoms. The SMILES string of the molecule is Nc1cccc(Cl)c1S(=O)(=O)NC1CCC(O)CC1. The lowest BCUT2D eigenvalue weighted by atomic mass is 9.94. The number of hydrogen-bond donors (Lipinski definition) is 3. The molecule has 0 heterocycles. The van der Waals surface area contributed by atoms with Crippen LogP contribution in [0, 0.1) is 0 Å². The van der Waals surface area contributed by atoms with E-state index in [0.717, 1.165) is 0 Å². The Hall–Kier alpha value is -0.820. The van der Waals surface area contributed by atoms with Crippen molar-refractivity contribution in [3.05, 3.63) is 23.2 Å². The Bertz CT molecular complexity index is 534. The van der Waals surface area contributed by atoms with Gasteiger partial charge in [-0.3, -0.25) is 0 Å². The highest BCUT2D eigenvalue weighted by Crippen LogP contribution is 2.28. The molecule has 0 saturated heterocycles. The number of rotatable bonds is 3. The van der Waals surface area contributed by atoms with Crippen molar-refractivity contribution >= 4 is 27.3 Å². The second kappa shape index (κ2) is 5.66. The highest BCUT2D eigenvalue weighted by atomic mass is 35.5. The van der Waals surface area contributed by atoms with Gasteiger partial charge in [-0.05, 0) is 37.8 Å². The Kier molecular flexibility index (Phi) is 4.35. The van der Waals surface area contributed by atoms with Crippen molar-refractivity contribution in [3.63, 3.8) is 0 Å². The lowest BCUT2D eigenvalue weighted by molar-refractivity contribution is 0.120. The number of anilines is 1. The number of nitrogen functional groups attached to an aromatic ring is 1. The van der Waals surface area contributed by atoms with Crippen LogP contribution in [0.4, 0.5) is 5.69 Å². The topological polar surface area (TPSA) is 92.4 Å². The van der Waals surface area contributed by atoms with E-state index in [1.54, 1.807) is 6.07 Å². The minimum absolute atomic E-state index is 0.0669. The van der Waals surface area contributed by atoms with Crippen LogP contribution < -0.4 is 10.5 Å². The lowest BCUT2D eigenvalue weighted by Gasteiger charge is -2.26. The van der Waals surface area contributed by atoms with Gasteiger partial charge in [0.1, 0.15) is 4.90 Å². The van der Waals surface area contributed by atoms with Crippen molar-refractivity contribution in [2.75, 3.05) is 5.73 Å². The van der Waals surface area contributed by atoms with E-state index in [1.165, 1.54) is 12.1 Å². The second-order valence-corrected chi connectivity index (χ2v) is 6.84. The van der Waals surface area contributed by atoms with Crippen LogP contribution in [0.15, 0.2) is 23.1 Å². The Balaban J connectivity index is 2.19. The average Bonchev–Trinajstić information content (AvgIpc) is 2.31. The number of benzene rings is 1. The number of sulfonamides is 1. The molecule has 0 amide bonds. The predicted molar refractivity (Wildman–Crippen MR) is 74.4 cm³/mol. The number of aliphatic hydroxyl groups is 1. The summed E-state index contributed by atoms with van der Waals surface area (Å²) in [5, 5.41) is 9.53. The summed E-state index contributed by atoms with van der Waals surface area (Å²) >= 11 is 5.92. The standard InChI is InChI=1S/C12H17ClN2O3S/c13-10-2-1-3-11(14)12(10)19(17,18)15-8-4-6-9(16)7-5-8/h1-3,8-9,15-16H,4-7,14H2. The first-order chi connectivity index (χ1) is 8.90. The van der Waals surface area contributed by atoms with Crippen LogP contribution in [0.1, 0.15) is 25.7 Å². The fourth-order valence-corrected chi connectivity index (χ4v) is 4.26. The molecule has 0 aromatic heterocycles. The molecule has 1 aromatic carbocycles. The zero-order valence-corrected chi connectivity index (χ0v) is 11.9. The lowest BCUT2D eigenvalue weighted by Crippen LogP contribution is -2.38. The molecule has 7 heteroatoms. The molecule has 5 nitrogen and oxygen atoms in total. The first kappa shape index (κ1) is 14.6. The highest BCUT2D eigenvalue weighted by Gasteiger charge is 2.27. The summed E-state index contributed by atoms with van der Waals surface area (Å²) in [6, 6.07) is 4.43. The molecular weight excluding hydrogens is 288 g/mol. The van der Waals surface area contributed by atoms with Gasteiger partial charge in [-0.1, -0.05) is 17.7 Å². The van der Waals surface area contributed by atoms with Crippen LogP contribution >= 0.6 is 11.6 Å². The molecular formula is C12H17ClN2O3S. The molecule has 1 aliphatic carbocycles. The maximum Gasteiger partial charge on any atom is 0.244 e. The van der Waals surface area contributed by atoms with Crippen molar-refractivity contribution in [3.8, 4) is 0 Å². The van der Waals surface area contributed by atoms with E-state index in [9.17, 15) is 13.5 Å². The monoisotopic (exact) mass is 304 g/mol. The summed E-state index contributed by atoms with van der Waals surface area (Å²) in [4.78, 5) is -0.0669. The van der Waals surface area contributed by atoms with Gasteiger partial charge in [0.2, 0.25) is 10.0 Å². The minimum atomic E-state index is -3.73. The van der Waals surface area contributed by atoms with Gasteiger partial charge >= 0.3 is 0 Å². The van der Waals surface area contributed by atoms with E-state index in [-0.39, 0.29) is 27.8 Å². The van der Waals surface area contributed by atoms with Crippen molar-refractivity contribution in [2.24, 2.45) is 0 Å². The number of nitrogens with two attached hydrogens (primary N) is 1. The van der Waals surface area contributed by atoms with E-state index in [4.69, 9.17) is 17.3 Å². The van der Waals surface area contributed by atoms with Crippen molar-refractivity contribution in [1.29, 1.82) is 0 Å². The number of halogens is 1. The Morgan fingerprint density at radius 1 is 1.26 bits per heavy atom. The normalized spacial score (nSPS) is 24.3.